The number of ether oxygens (including phenoxy) is 1. The minimum atomic E-state index is -1.24. The Morgan fingerprint density at radius 1 is 1.47 bits per heavy atom. The zero-order valence-corrected chi connectivity index (χ0v) is 9.27. The van der Waals surface area contributed by atoms with Gasteiger partial charge in [-0.25, -0.2) is 4.98 Å². The molecule has 1 aromatic rings. The molecule has 90 valence electrons. The molecule has 0 spiro atoms. The molecule has 2 N–H and O–H groups in total. The van der Waals surface area contributed by atoms with Crippen molar-refractivity contribution in [2.75, 3.05) is 12.4 Å². The summed E-state index contributed by atoms with van der Waals surface area (Å²) in [7, 11) is 1.49. The van der Waals surface area contributed by atoms with Crippen molar-refractivity contribution in [2.24, 2.45) is 5.41 Å². The SMILES string of the molecule is COc1ccc(NC(=O)C2(C(=O)O)CC2)cn1. The number of hydrogen-bond acceptors (Lipinski definition) is 4. The van der Waals surface area contributed by atoms with Gasteiger partial charge in [-0.15, -0.1) is 0 Å². The van der Waals surface area contributed by atoms with E-state index in [1.54, 1.807) is 12.1 Å². The van der Waals surface area contributed by atoms with Crippen molar-refractivity contribution < 1.29 is 19.4 Å². The Kier molecular flexibility index (Phi) is 2.71. The summed E-state index contributed by atoms with van der Waals surface area (Å²) in [6.07, 6.45) is 2.20. The van der Waals surface area contributed by atoms with Gasteiger partial charge in [0, 0.05) is 6.07 Å². The largest absolute Gasteiger partial charge is 0.481 e. The molecule has 0 unspecified atom stereocenters. The monoisotopic (exact) mass is 236 g/mol. The molecule has 1 aliphatic carbocycles. The average Bonchev–Trinajstić information content (AvgIpc) is 3.11. The lowest BCUT2D eigenvalue weighted by Gasteiger charge is -2.10. The maximum atomic E-state index is 11.7. The molecule has 6 heteroatoms. The van der Waals surface area contributed by atoms with Crippen LogP contribution in [0.15, 0.2) is 18.3 Å². The first-order valence-corrected chi connectivity index (χ1v) is 5.13. The fourth-order valence-corrected chi connectivity index (χ4v) is 1.49. The van der Waals surface area contributed by atoms with Crippen molar-refractivity contribution in [1.29, 1.82) is 0 Å². The molecule has 0 radical (unpaired) electrons. The first-order chi connectivity index (χ1) is 8.08. The van der Waals surface area contributed by atoms with Gasteiger partial charge in [-0.05, 0) is 18.9 Å². The molecule has 1 saturated carbocycles. The van der Waals surface area contributed by atoms with E-state index in [4.69, 9.17) is 9.84 Å². The van der Waals surface area contributed by atoms with Gasteiger partial charge < -0.3 is 15.2 Å². The van der Waals surface area contributed by atoms with Crippen LogP contribution in [0.2, 0.25) is 0 Å². The van der Waals surface area contributed by atoms with E-state index in [-0.39, 0.29) is 0 Å². The van der Waals surface area contributed by atoms with E-state index in [0.717, 1.165) is 0 Å². The van der Waals surface area contributed by atoms with Crippen LogP contribution in [-0.2, 0) is 9.59 Å². The maximum Gasteiger partial charge on any atom is 0.319 e. The molecular formula is C11H12N2O4. The number of carbonyl (C=O) groups is 2. The van der Waals surface area contributed by atoms with Gasteiger partial charge in [0.2, 0.25) is 11.8 Å². The van der Waals surface area contributed by atoms with E-state index in [0.29, 0.717) is 24.4 Å². The number of aliphatic carboxylic acids is 1. The summed E-state index contributed by atoms with van der Waals surface area (Å²) < 4.78 is 4.87. The highest BCUT2D eigenvalue weighted by atomic mass is 16.5. The lowest BCUT2D eigenvalue weighted by Crippen LogP contribution is -2.31. The molecular weight excluding hydrogens is 224 g/mol. The van der Waals surface area contributed by atoms with Gasteiger partial charge in [-0.3, -0.25) is 9.59 Å². The number of rotatable bonds is 4. The highest BCUT2D eigenvalue weighted by Crippen LogP contribution is 2.46. The first-order valence-electron chi connectivity index (χ1n) is 5.13. The van der Waals surface area contributed by atoms with E-state index in [2.05, 4.69) is 10.3 Å². The van der Waals surface area contributed by atoms with Crippen LogP contribution in [0.5, 0.6) is 5.88 Å². The number of aromatic nitrogens is 1. The summed E-state index contributed by atoms with van der Waals surface area (Å²) >= 11 is 0. The Hall–Kier alpha value is -2.11. The van der Waals surface area contributed by atoms with Gasteiger partial charge in [-0.1, -0.05) is 0 Å². The number of anilines is 1. The predicted molar refractivity (Wildman–Crippen MR) is 58.7 cm³/mol. The van der Waals surface area contributed by atoms with Crippen molar-refractivity contribution in [3.63, 3.8) is 0 Å². The van der Waals surface area contributed by atoms with E-state index >= 15 is 0 Å². The number of carboxylic acid groups (broad SMARTS) is 1. The Morgan fingerprint density at radius 3 is 2.59 bits per heavy atom. The van der Waals surface area contributed by atoms with Gasteiger partial charge in [0.05, 0.1) is 19.0 Å². The van der Waals surface area contributed by atoms with Crippen LogP contribution in [0.25, 0.3) is 0 Å². The number of carboxylic acids is 1. The van der Waals surface area contributed by atoms with Crippen molar-refractivity contribution in [1.82, 2.24) is 4.98 Å². The summed E-state index contributed by atoms with van der Waals surface area (Å²) in [4.78, 5) is 26.6. The second-order valence-corrected chi connectivity index (χ2v) is 3.93. The van der Waals surface area contributed by atoms with E-state index < -0.39 is 17.3 Å². The van der Waals surface area contributed by atoms with Crippen LogP contribution in [0.1, 0.15) is 12.8 Å². The standard InChI is InChI=1S/C11H12N2O4/c1-17-8-3-2-7(6-12-8)13-9(14)11(4-5-11)10(15)16/h2-3,6H,4-5H2,1H3,(H,13,14)(H,15,16). The Morgan fingerprint density at radius 2 is 2.18 bits per heavy atom. The first kappa shape index (κ1) is 11.4. The second-order valence-electron chi connectivity index (χ2n) is 3.93. The number of nitrogens with one attached hydrogen (secondary N) is 1. The smallest absolute Gasteiger partial charge is 0.319 e. The van der Waals surface area contributed by atoms with E-state index in [1.807, 2.05) is 0 Å². The Bertz CT molecular complexity index is 451. The number of hydrogen-bond donors (Lipinski definition) is 2. The van der Waals surface area contributed by atoms with Crippen LogP contribution < -0.4 is 10.1 Å². The van der Waals surface area contributed by atoms with Gasteiger partial charge in [0.15, 0.2) is 0 Å². The molecule has 1 amide bonds. The average molecular weight is 236 g/mol. The number of amides is 1. The molecule has 6 nitrogen and oxygen atoms in total. The van der Waals surface area contributed by atoms with Gasteiger partial charge in [-0.2, -0.15) is 0 Å². The molecule has 0 bridgehead atoms. The third-order valence-corrected chi connectivity index (χ3v) is 2.80. The summed E-state index contributed by atoms with van der Waals surface area (Å²) in [5, 5.41) is 11.5. The Labute approximate surface area is 97.6 Å². The Balaban J connectivity index is 2.06. The van der Waals surface area contributed by atoms with Crippen molar-refractivity contribution in [3.8, 4) is 5.88 Å². The number of nitrogens with zero attached hydrogens (tertiary/aromatic N) is 1. The topological polar surface area (TPSA) is 88.5 Å². The van der Waals surface area contributed by atoms with Crippen LogP contribution in [0.3, 0.4) is 0 Å². The predicted octanol–water partition coefficient (Wildman–Crippen LogP) is 0.893. The molecule has 0 saturated heterocycles. The summed E-state index contributed by atoms with van der Waals surface area (Å²) in [5.41, 5.74) is -0.775. The van der Waals surface area contributed by atoms with Gasteiger partial charge in [0.1, 0.15) is 5.41 Å². The highest BCUT2D eigenvalue weighted by Gasteiger charge is 2.57. The minimum Gasteiger partial charge on any atom is -0.481 e. The summed E-state index contributed by atoms with van der Waals surface area (Å²) in [5.74, 6) is -1.13. The molecule has 0 aliphatic heterocycles. The number of methoxy groups -OCH3 is 1. The fraction of sp³-hybridized carbons (Fsp3) is 0.364. The highest BCUT2D eigenvalue weighted by molar-refractivity contribution is 6.10. The zero-order valence-electron chi connectivity index (χ0n) is 9.27. The molecule has 2 rings (SSSR count). The maximum absolute atomic E-state index is 11.7. The summed E-state index contributed by atoms with van der Waals surface area (Å²) in [6, 6.07) is 3.21. The third-order valence-electron chi connectivity index (χ3n) is 2.80. The van der Waals surface area contributed by atoms with E-state index in [9.17, 15) is 9.59 Å². The lowest BCUT2D eigenvalue weighted by atomic mass is 10.1. The molecule has 0 atom stereocenters. The van der Waals surface area contributed by atoms with Crippen molar-refractivity contribution in [2.45, 2.75) is 12.8 Å². The lowest BCUT2D eigenvalue weighted by molar-refractivity contribution is -0.147. The quantitative estimate of drug-likeness (QED) is 0.758. The van der Waals surface area contributed by atoms with Crippen molar-refractivity contribution in [3.05, 3.63) is 18.3 Å². The van der Waals surface area contributed by atoms with E-state index in [1.165, 1.54) is 13.3 Å². The molecule has 1 heterocycles. The third kappa shape index (κ3) is 2.06. The molecule has 0 aromatic carbocycles. The van der Waals surface area contributed by atoms with Crippen molar-refractivity contribution >= 4 is 17.6 Å². The van der Waals surface area contributed by atoms with Gasteiger partial charge in [0.25, 0.3) is 0 Å². The van der Waals surface area contributed by atoms with Crippen LogP contribution >= 0.6 is 0 Å². The number of pyridine rings is 1. The normalized spacial score (nSPS) is 16.1. The summed E-state index contributed by atoms with van der Waals surface area (Å²) in [6.45, 7) is 0. The fourth-order valence-electron chi connectivity index (χ4n) is 1.49. The van der Waals surface area contributed by atoms with Crippen LogP contribution in [0, 0.1) is 5.41 Å². The molecule has 1 aromatic heterocycles. The van der Waals surface area contributed by atoms with Crippen LogP contribution in [-0.4, -0.2) is 29.1 Å². The van der Waals surface area contributed by atoms with Crippen LogP contribution in [0.4, 0.5) is 5.69 Å². The molecule has 1 fully saturated rings. The number of carbonyl (C=O) groups excluding carboxylic acids is 1. The van der Waals surface area contributed by atoms with Gasteiger partial charge >= 0.3 is 5.97 Å². The second kappa shape index (κ2) is 4.04. The zero-order chi connectivity index (χ0) is 12.5. The molecule has 17 heavy (non-hydrogen) atoms. The molecule has 1 aliphatic rings. The minimum absolute atomic E-state index is 0.387.